The van der Waals surface area contributed by atoms with E-state index in [1.165, 1.54) is 22.3 Å². The average molecular weight is 475 g/mol. The molecule has 2 aromatic carbocycles. The van der Waals surface area contributed by atoms with Gasteiger partial charge in [-0.15, -0.1) is 0 Å². The number of ether oxygens (including phenoxy) is 1. The molecular formula is C28H30N2O5. The molecule has 0 unspecified atom stereocenters. The van der Waals surface area contributed by atoms with E-state index in [0.717, 1.165) is 12.8 Å². The van der Waals surface area contributed by atoms with Crippen LogP contribution in [-0.4, -0.2) is 53.7 Å². The van der Waals surface area contributed by atoms with Crippen molar-refractivity contribution in [3.63, 3.8) is 0 Å². The van der Waals surface area contributed by atoms with E-state index in [0.29, 0.717) is 37.8 Å². The summed E-state index contributed by atoms with van der Waals surface area (Å²) >= 11 is 0. The SMILES string of the molecule is O=C(O)CCC1CN(C(=O)[C@]23C[C@H](NC(=O)OCC4c5ccccc5-c5ccccc54)C[C@H]2C3)C1. The number of carboxylic acid groups (broad SMARTS) is 1. The lowest BCUT2D eigenvalue weighted by molar-refractivity contribution is -0.144. The topological polar surface area (TPSA) is 95.9 Å². The smallest absolute Gasteiger partial charge is 0.407 e. The summed E-state index contributed by atoms with van der Waals surface area (Å²) in [7, 11) is 0. The highest BCUT2D eigenvalue weighted by Crippen LogP contribution is 2.64. The van der Waals surface area contributed by atoms with Crippen LogP contribution in [-0.2, 0) is 14.3 Å². The number of carbonyl (C=O) groups is 3. The molecule has 7 heteroatoms. The number of nitrogens with zero attached hydrogens (tertiary/aromatic N) is 1. The molecule has 0 aromatic heterocycles. The number of likely N-dealkylation sites (tertiary alicyclic amines) is 1. The van der Waals surface area contributed by atoms with Gasteiger partial charge < -0.3 is 20.1 Å². The number of nitrogens with one attached hydrogen (secondary N) is 1. The van der Waals surface area contributed by atoms with Gasteiger partial charge in [0.2, 0.25) is 5.91 Å². The van der Waals surface area contributed by atoms with Crippen LogP contribution < -0.4 is 5.32 Å². The number of benzene rings is 2. The Bertz CT molecular complexity index is 1140. The molecule has 6 rings (SSSR count). The van der Waals surface area contributed by atoms with Gasteiger partial charge in [0.1, 0.15) is 6.61 Å². The quantitative estimate of drug-likeness (QED) is 0.632. The third-order valence-corrected chi connectivity index (χ3v) is 8.51. The minimum Gasteiger partial charge on any atom is -0.481 e. The van der Waals surface area contributed by atoms with E-state index in [9.17, 15) is 14.4 Å². The number of amides is 2. The first kappa shape index (κ1) is 22.1. The van der Waals surface area contributed by atoms with Crippen molar-refractivity contribution in [2.45, 2.75) is 44.1 Å². The summed E-state index contributed by atoms with van der Waals surface area (Å²) in [6, 6.07) is 16.5. The maximum Gasteiger partial charge on any atom is 0.407 e. The van der Waals surface area contributed by atoms with Crippen LogP contribution >= 0.6 is 0 Å². The third-order valence-electron chi connectivity index (χ3n) is 8.51. The minimum absolute atomic E-state index is 0.0264. The van der Waals surface area contributed by atoms with Gasteiger partial charge in [-0.2, -0.15) is 0 Å². The zero-order valence-corrected chi connectivity index (χ0v) is 19.6. The fourth-order valence-electron chi connectivity index (χ4n) is 6.63. The van der Waals surface area contributed by atoms with Gasteiger partial charge in [-0.3, -0.25) is 9.59 Å². The largest absolute Gasteiger partial charge is 0.481 e. The Balaban J connectivity index is 1.01. The summed E-state index contributed by atoms with van der Waals surface area (Å²) in [4.78, 5) is 38.4. The highest BCUT2D eigenvalue weighted by molar-refractivity contribution is 5.87. The van der Waals surface area contributed by atoms with Gasteiger partial charge >= 0.3 is 12.1 Å². The number of aliphatic carboxylic acids is 1. The Labute approximate surface area is 204 Å². The van der Waals surface area contributed by atoms with E-state index in [2.05, 4.69) is 29.6 Å². The van der Waals surface area contributed by atoms with Crippen molar-refractivity contribution in [1.29, 1.82) is 0 Å². The predicted octanol–water partition coefficient (Wildman–Crippen LogP) is 4.02. The maximum absolute atomic E-state index is 13.1. The summed E-state index contributed by atoms with van der Waals surface area (Å²) in [5, 5.41) is 11.9. The number of alkyl carbamates (subject to hydrolysis) is 1. The first-order valence-electron chi connectivity index (χ1n) is 12.6. The fourth-order valence-corrected chi connectivity index (χ4v) is 6.63. The lowest BCUT2D eigenvalue weighted by Crippen LogP contribution is -2.53. The van der Waals surface area contributed by atoms with E-state index in [1.54, 1.807) is 0 Å². The maximum atomic E-state index is 13.1. The number of hydrogen-bond donors (Lipinski definition) is 2. The van der Waals surface area contributed by atoms with Crippen LogP contribution in [0.5, 0.6) is 0 Å². The van der Waals surface area contributed by atoms with Crippen LogP contribution in [0.25, 0.3) is 11.1 Å². The molecule has 2 aromatic rings. The summed E-state index contributed by atoms with van der Waals surface area (Å²) in [5.74, 6) is 0.0461. The lowest BCUT2D eigenvalue weighted by atomic mass is 9.91. The van der Waals surface area contributed by atoms with Gasteiger partial charge in [-0.25, -0.2) is 4.79 Å². The monoisotopic (exact) mass is 474 g/mol. The van der Waals surface area contributed by atoms with Crippen molar-refractivity contribution in [2.24, 2.45) is 17.3 Å². The highest BCUT2D eigenvalue weighted by Gasteiger charge is 2.66. The summed E-state index contributed by atoms with van der Waals surface area (Å²) < 4.78 is 5.69. The van der Waals surface area contributed by atoms with Crippen molar-refractivity contribution in [2.75, 3.05) is 19.7 Å². The molecule has 7 nitrogen and oxygen atoms in total. The van der Waals surface area contributed by atoms with Crippen LogP contribution in [0.3, 0.4) is 0 Å². The molecule has 3 aliphatic carbocycles. The number of carboxylic acids is 1. The molecule has 3 atom stereocenters. The number of rotatable bonds is 7. The molecule has 3 fully saturated rings. The fraction of sp³-hybridized carbons (Fsp3) is 0.464. The van der Waals surface area contributed by atoms with Crippen molar-refractivity contribution in [3.05, 3.63) is 59.7 Å². The summed E-state index contributed by atoms with van der Waals surface area (Å²) in [5.41, 5.74) is 4.43. The summed E-state index contributed by atoms with van der Waals surface area (Å²) in [6.07, 6.45) is 2.74. The average Bonchev–Trinajstić information content (AvgIpc) is 3.24. The third kappa shape index (κ3) is 3.87. The number of fused-ring (bicyclic) bond motifs is 4. The van der Waals surface area contributed by atoms with Gasteiger partial charge in [0.05, 0.1) is 5.41 Å². The molecule has 0 spiro atoms. The first-order valence-corrected chi connectivity index (χ1v) is 12.6. The minimum atomic E-state index is -0.784. The number of hydrogen-bond acceptors (Lipinski definition) is 4. The Morgan fingerprint density at radius 3 is 2.31 bits per heavy atom. The van der Waals surface area contributed by atoms with E-state index < -0.39 is 12.1 Å². The van der Waals surface area contributed by atoms with E-state index in [4.69, 9.17) is 9.84 Å². The molecular weight excluding hydrogens is 444 g/mol. The lowest BCUT2D eigenvalue weighted by Gasteiger charge is -2.41. The molecule has 35 heavy (non-hydrogen) atoms. The van der Waals surface area contributed by atoms with E-state index >= 15 is 0 Å². The second-order valence-corrected chi connectivity index (χ2v) is 10.7. The second-order valence-electron chi connectivity index (χ2n) is 10.7. The molecule has 0 radical (unpaired) electrons. The van der Waals surface area contributed by atoms with Crippen LogP contribution in [0, 0.1) is 17.3 Å². The Hall–Kier alpha value is -3.35. The van der Waals surface area contributed by atoms with Crippen molar-refractivity contribution in [1.82, 2.24) is 10.2 Å². The van der Waals surface area contributed by atoms with Gasteiger partial charge in [0, 0.05) is 31.5 Å². The summed E-state index contributed by atoms with van der Waals surface area (Å²) in [6.45, 7) is 1.60. The van der Waals surface area contributed by atoms with E-state index in [1.807, 2.05) is 29.2 Å². The predicted molar refractivity (Wildman–Crippen MR) is 129 cm³/mol. The van der Waals surface area contributed by atoms with Crippen molar-refractivity contribution < 1.29 is 24.2 Å². The van der Waals surface area contributed by atoms with Crippen LogP contribution in [0.1, 0.15) is 49.1 Å². The Kier molecular flexibility index (Phi) is 5.31. The van der Waals surface area contributed by atoms with Crippen LogP contribution in [0.4, 0.5) is 4.79 Å². The van der Waals surface area contributed by atoms with Crippen molar-refractivity contribution >= 4 is 18.0 Å². The Morgan fingerprint density at radius 1 is 1.00 bits per heavy atom. The molecule has 1 saturated heterocycles. The normalized spacial score (nSPS) is 26.3. The zero-order chi connectivity index (χ0) is 24.2. The van der Waals surface area contributed by atoms with E-state index in [-0.39, 0.29) is 36.3 Å². The van der Waals surface area contributed by atoms with Gasteiger partial charge in [-0.05, 0) is 59.8 Å². The molecule has 2 amide bonds. The highest BCUT2D eigenvalue weighted by atomic mass is 16.5. The van der Waals surface area contributed by atoms with Gasteiger partial charge in [0.25, 0.3) is 0 Å². The van der Waals surface area contributed by atoms with Gasteiger partial charge in [-0.1, -0.05) is 48.5 Å². The van der Waals surface area contributed by atoms with Crippen molar-refractivity contribution in [3.8, 4) is 11.1 Å². The molecule has 1 aliphatic heterocycles. The zero-order valence-electron chi connectivity index (χ0n) is 19.6. The van der Waals surface area contributed by atoms with Crippen LogP contribution in [0.15, 0.2) is 48.5 Å². The molecule has 2 N–H and O–H groups in total. The van der Waals surface area contributed by atoms with Crippen LogP contribution in [0.2, 0.25) is 0 Å². The Morgan fingerprint density at radius 2 is 1.66 bits per heavy atom. The van der Waals surface area contributed by atoms with Gasteiger partial charge in [0.15, 0.2) is 0 Å². The molecule has 4 aliphatic rings. The first-order chi connectivity index (χ1) is 16.9. The molecule has 1 heterocycles. The molecule has 2 saturated carbocycles. The second kappa shape index (κ2) is 8.40. The molecule has 182 valence electrons. The molecule has 0 bridgehead atoms. The standard InChI is InChI=1S/C28H30N2O5/c31-25(32)10-9-17-14-30(15-17)26(33)28-12-18(28)11-19(13-28)29-27(34)35-16-24-22-7-3-1-5-20(22)21-6-2-4-8-23(21)24/h1-8,17-19,24H,9-16H2,(H,29,34)(H,31,32)/t18-,19+,28+/m0/s1. The number of carbonyl (C=O) groups excluding carboxylic acids is 2.